The van der Waals surface area contributed by atoms with Gasteiger partial charge in [-0.3, -0.25) is 0 Å². The van der Waals surface area contributed by atoms with Gasteiger partial charge < -0.3 is 5.73 Å². The minimum Gasteiger partial charge on any atom is -0.328 e. The molecule has 1 aliphatic rings. The molecule has 1 fully saturated rings. The molecular formula is C13H20N2S. The standard InChI is InChI=1S/C13H20N2S/c1-10(14)8-11-6-7-13(15-9-11)16-12-4-2-3-5-12/h6-7,9-10,12H,2-5,8,14H2,1H3. The van der Waals surface area contributed by atoms with Gasteiger partial charge in [0, 0.05) is 17.5 Å². The molecule has 0 spiro atoms. The topological polar surface area (TPSA) is 38.9 Å². The average molecular weight is 236 g/mol. The lowest BCUT2D eigenvalue weighted by Crippen LogP contribution is -2.17. The molecule has 2 nitrogen and oxygen atoms in total. The highest BCUT2D eigenvalue weighted by molar-refractivity contribution is 7.99. The molecule has 1 aromatic heterocycles. The highest BCUT2D eigenvalue weighted by atomic mass is 32.2. The number of thioether (sulfide) groups is 1. The fourth-order valence-corrected chi connectivity index (χ4v) is 3.32. The molecule has 1 aromatic rings. The molecule has 1 atom stereocenters. The third-order valence-electron chi connectivity index (χ3n) is 2.94. The van der Waals surface area contributed by atoms with Crippen LogP contribution in [-0.4, -0.2) is 16.3 Å². The summed E-state index contributed by atoms with van der Waals surface area (Å²) in [5.74, 6) is 0. The van der Waals surface area contributed by atoms with Crippen molar-refractivity contribution in [3.63, 3.8) is 0 Å². The molecule has 0 aromatic carbocycles. The van der Waals surface area contributed by atoms with Gasteiger partial charge in [0.15, 0.2) is 0 Å². The molecule has 2 N–H and O–H groups in total. The molecule has 16 heavy (non-hydrogen) atoms. The molecule has 1 aliphatic carbocycles. The van der Waals surface area contributed by atoms with Crippen molar-refractivity contribution in [2.45, 2.75) is 55.3 Å². The minimum absolute atomic E-state index is 0.218. The van der Waals surface area contributed by atoms with Crippen LogP contribution in [0.4, 0.5) is 0 Å². The van der Waals surface area contributed by atoms with E-state index in [1.54, 1.807) is 0 Å². The maximum atomic E-state index is 5.76. The third kappa shape index (κ3) is 3.49. The first-order chi connectivity index (χ1) is 7.74. The molecular weight excluding hydrogens is 216 g/mol. The predicted octanol–water partition coefficient (Wildman–Crippen LogP) is 3.01. The first kappa shape index (κ1) is 11.9. The summed E-state index contributed by atoms with van der Waals surface area (Å²) in [4.78, 5) is 4.50. The molecule has 0 saturated heterocycles. The highest BCUT2D eigenvalue weighted by Crippen LogP contribution is 2.33. The Labute approximate surface area is 102 Å². The third-order valence-corrected chi connectivity index (χ3v) is 4.23. The van der Waals surface area contributed by atoms with Crippen molar-refractivity contribution in [2.75, 3.05) is 0 Å². The van der Waals surface area contributed by atoms with E-state index in [1.165, 1.54) is 36.3 Å². The van der Waals surface area contributed by atoms with Crippen molar-refractivity contribution in [1.82, 2.24) is 4.98 Å². The molecule has 0 amide bonds. The van der Waals surface area contributed by atoms with Crippen molar-refractivity contribution in [2.24, 2.45) is 5.73 Å². The summed E-state index contributed by atoms with van der Waals surface area (Å²) in [5, 5.41) is 1.96. The fourth-order valence-electron chi connectivity index (χ4n) is 2.15. The quantitative estimate of drug-likeness (QED) is 0.873. The average Bonchev–Trinajstić information content (AvgIpc) is 2.73. The van der Waals surface area contributed by atoms with Crippen molar-refractivity contribution >= 4 is 11.8 Å². The summed E-state index contributed by atoms with van der Waals surface area (Å²) in [7, 11) is 0. The lowest BCUT2D eigenvalue weighted by molar-refractivity contribution is 0.734. The Balaban J connectivity index is 1.90. The summed E-state index contributed by atoms with van der Waals surface area (Å²) in [5.41, 5.74) is 7.00. The van der Waals surface area contributed by atoms with E-state index >= 15 is 0 Å². The van der Waals surface area contributed by atoms with E-state index in [1.807, 2.05) is 24.9 Å². The van der Waals surface area contributed by atoms with E-state index in [-0.39, 0.29) is 6.04 Å². The lowest BCUT2D eigenvalue weighted by atomic mass is 10.1. The number of nitrogens with two attached hydrogens (primary N) is 1. The minimum atomic E-state index is 0.218. The van der Waals surface area contributed by atoms with Crippen molar-refractivity contribution < 1.29 is 0 Å². The SMILES string of the molecule is CC(N)Cc1ccc(SC2CCCC2)nc1. The van der Waals surface area contributed by atoms with Crippen LogP contribution in [-0.2, 0) is 6.42 Å². The van der Waals surface area contributed by atoms with Crippen LogP contribution in [0.1, 0.15) is 38.2 Å². The molecule has 0 aliphatic heterocycles. The van der Waals surface area contributed by atoms with Gasteiger partial charge in [0.2, 0.25) is 0 Å². The van der Waals surface area contributed by atoms with Gasteiger partial charge in [-0.1, -0.05) is 18.9 Å². The predicted molar refractivity (Wildman–Crippen MR) is 69.7 cm³/mol. The second-order valence-electron chi connectivity index (χ2n) is 4.71. The van der Waals surface area contributed by atoms with Crippen LogP contribution < -0.4 is 5.73 Å². The van der Waals surface area contributed by atoms with E-state index < -0.39 is 0 Å². The molecule has 1 unspecified atom stereocenters. The summed E-state index contributed by atoms with van der Waals surface area (Å²) in [6.45, 7) is 2.03. The van der Waals surface area contributed by atoms with Gasteiger partial charge in [0.1, 0.15) is 0 Å². The summed E-state index contributed by atoms with van der Waals surface area (Å²) in [6.07, 6.45) is 8.38. The number of hydrogen-bond acceptors (Lipinski definition) is 3. The van der Waals surface area contributed by atoms with Gasteiger partial charge in [-0.15, -0.1) is 11.8 Å². The molecule has 3 heteroatoms. The first-order valence-corrected chi connectivity index (χ1v) is 6.99. The Kier molecular flexibility index (Phi) is 4.24. The maximum absolute atomic E-state index is 5.76. The van der Waals surface area contributed by atoms with E-state index in [4.69, 9.17) is 5.73 Å². The second kappa shape index (κ2) is 5.69. The normalized spacial score (nSPS) is 18.9. The van der Waals surface area contributed by atoms with E-state index in [0.717, 1.165) is 11.7 Å². The fraction of sp³-hybridized carbons (Fsp3) is 0.615. The number of nitrogens with zero attached hydrogens (tertiary/aromatic N) is 1. The van der Waals surface area contributed by atoms with E-state index in [9.17, 15) is 0 Å². The molecule has 2 rings (SSSR count). The van der Waals surface area contributed by atoms with Crippen LogP contribution in [0.3, 0.4) is 0 Å². The molecule has 0 radical (unpaired) electrons. The van der Waals surface area contributed by atoms with Gasteiger partial charge in [-0.2, -0.15) is 0 Å². The molecule has 1 saturated carbocycles. The summed E-state index contributed by atoms with van der Waals surface area (Å²) >= 11 is 1.94. The van der Waals surface area contributed by atoms with Gasteiger partial charge in [0.05, 0.1) is 5.03 Å². The summed E-state index contributed by atoms with van der Waals surface area (Å²) < 4.78 is 0. The number of hydrogen-bond donors (Lipinski definition) is 1. The number of pyridine rings is 1. The van der Waals surface area contributed by atoms with Gasteiger partial charge in [-0.25, -0.2) is 4.98 Å². The van der Waals surface area contributed by atoms with Crippen LogP contribution in [0.15, 0.2) is 23.4 Å². The molecule has 88 valence electrons. The molecule has 1 heterocycles. The van der Waals surface area contributed by atoms with Crippen LogP contribution in [0.2, 0.25) is 0 Å². The zero-order chi connectivity index (χ0) is 11.4. The Morgan fingerprint density at radius 1 is 1.44 bits per heavy atom. The number of aromatic nitrogens is 1. The van der Waals surface area contributed by atoms with Crippen molar-refractivity contribution in [1.29, 1.82) is 0 Å². The maximum Gasteiger partial charge on any atom is 0.0962 e. The Hall–Kier alpha value is -0.540. The van der Waals surface area contributed by atoms with Gasteiger partial charge in [0.25, 0.3) is 0 Å². The van der Waals surface area contributed by atoms with Crippen LogP contribution in [0.25, 0.3) is 0 Å². The Morgan fingerprint density at radius 2 is 2.19 bits per heavy atom. The Morgan fingerprint density at radius 3 is 2.75 bits per heavy atom. The largest absolute Gasteiger partial charge is 0.328 e. The number of rotatable bonds is 4. The van der Waals surface area contributed by atoms with Crippen LogP contribution >= 0.6 is 11.8 Å². The van der Waals surface area contributed by atoms with Crippen LogP contribution in [0.5, 0.6) is 0 Å². The Bertz CT molecular complexity index is 315. The summed E-state index contributed by atoms with van der Waals surface area (Å²) in [6, 6.07) is 4.52. The van der Waals surface area contributed by atoms with Gasteiger partial charge >= 0.3 is 0 Å². The smallest absolute Gasteiger partial charge is 0.0962 e. The zero-order valence-electron chi connectivity index (χ0n) is 9.86. The second-order valence-corrected chi connectivity index (χ2v) is 6.03. The van der Waals surface area contributed by atoms with Crippen molar-refractivity contribution in [3.05, 3.63) is 23.9 Å². The monoisotopic (exact) mass is 236 g/mol. The lowest BCUT2D eigenvalue weighted by Gasteiger charge is -2.09. The zero-order valence-corrected chi connectivity index (χ0v) is 10.7. The van der Waals surface area contributed by atoms with Crippen LogP contribution in [0, 0.1) is 0 Å². The van der Waals surface area contributed by atoms with Crippen molar-refractivity contribution in [3.8, 4) is 0 Å². The highest BCUT2D eigenvalue weighted by Gasteiger charge is 2.16. The molecule has 0 bridgehead atoms. The van der Waals surface area contributed by atoms with E-state index in [2.05, 4.69) is 17.1 Å². The van der Waals surface area contributed by atoms with E-state index in [0.29, 0.717) is 0 Å². The van der Waals surface area contributed by atoms with Gasteiger partial charge in [-0.05, 0) is 37.8 Å². The first-order valence-electron chi connectivity index (χ1n) is 6.11.